The van der Waals surface area contributed by atoms with Crippen LogP contribution in [0.15, 0.2) is 0 Å². The van der Waals surface area contributed by atoms with Crippen LogP contribution in [0, 0.1) is 0 Å². The summed E-state index contributed by atoms with van der Waals surface area (Å²) < 4.78 is 0. The third-order valence-corrected chi connectivity index (χ3v) is 4.24. The van der Waals surface area contributed by atoms with Gasteiger partial charge in [0.2, 0.25) is 0 Å². The van der Waals surface area contributed by atoms with Crippen molar-refractivity contribution in [1.29, 1.82) is 0 Å². The molecule has 0 rings (SSSR count). The van der Waals surface area contributed by atoms with Crippen molar-refractivity contribution in [3.8, 4) is 0 Å². The summed E-state index contributed by atoms with van der Waals surface area (Å²) in [6.45, 7) is 12.2. The molecule has 0 aromatic heterocycles. The number of nitrogens with one attached hydrogen (secondary N) is 6. The van der Waals surface area contributed by atoms with Gasteiger partial charge in [-0.2, -0.15) is 0 Å². The van der Waals surface area contributed by atoms with E-state index in [-0.39, 0.29) is 7.43 Å². The monoisotopic (exact) mass is 420 g/mol. The lowest BCUT2D eigenvalue weighted by molar-refractivity contribution is 0.564. The molecule has 0 atom stereocenters. The van der Waals surface area contributed by atoms with E-state index >= 15 is 0 Å². The maximum atomic E-state index is 5.17. The van der Waals surface area contributed by atoms with Gasteiger partial charge < -0.3 is 31.9 Å². The fourth-order valence-electron chi connectivity index (χ4n) is 2.18. The summed E-state index contributed by atoms with van der Waals surface area (Å²) >= 11 is 10.3. The smallest absolute Gasteiger partial charge is 0.166 e. The highest BCUT2D eigenvalue weighted by molar-refractivity contribution is 7.80. The van der Waals surface area contributed by atoms with Crippen molar-refractivity contribution < 1.29 is 0 Å². The standard InChI is InChI=1S/C18H40N6S2.CH4/c1-3-9-21-17(25)23-15-7-13-19-11-5-6-12-20-14-8-16-24-18(26)22-10-4-2;/h19-20H,3-16H2,1-2H3,(H2,21,23,25)(H2,22,24,26);1H4. The second-order valence-corrected chi connectivity index (χ2v) is 7.10. The highest BCUT2D eigenvalue weighted by Gasteiger charge is 1.95. The van der Waals surface area contributed by atoms with Gasteiger partial charge in [0.25, 0.3) is 0 Å². The Balaban J connectivity index is 0. The van der Waals surface area contributed by atoms with E-state index in [0.29, 0.717) is 0 Å². The summed E-state index contributed by atoms with van der Waals surface area (Å²) in [7, 11) is 0. The molecule has 0 unspecified atom stereocenters. The van der Waals surface area contributed by atoms with Crippen LogP contribution in [-0.2, 0) is 0 Å². The summed E-state index contributed by atoms with van der Waals surface area (Å²) in [5.74, 6) is 0. The van der Waals surface area contributed by atoms with Crippen LogP contribution in [0.5, 0.6) is 0 Å². The minimum atomic E-state index is 0. The van der Waals surface area contributed by atoms with Crippen LogP contribution in [0.1, 0.15) is 59.8 Å². The minimum absolute atomic E-state index is 0. The van der Waals surface area contributed by atoms with Gasteiger partial charge in [-0.25, -0.2) is 0 Å². The van der Waals surface area contributed by atoms with Crippen molar-refractivity contribution in [2.45, 2.75) is 59.8 Å². The lowest BCUT2D eigenvalue weighted by atomic mass is 10.3. The molecular weight excluding hydrogens is 376 g/mol. The fourth-order valence-corrected chi connectivity index (χ4v) is 2.59. The third-order valence-electron chi connectivity index (χ3n) is 3.66. The summed E-state index contributed by atoms with van der Waals surface area (Å²) in [5.41, 5.74) is 0. The highest BCUT2D eigenvalue weighted by Crippen LogP contribution is 1.86. The zero-order chi connectivity index (χ0) is 19.3. The molecule has 0 aliphatic carbocycles. The molecule has 0 saturated heterocycles. The second-order valence-electron chi connectivity index (χ2n) is 6.28. The molecule has 0 heterocycles. The Bertz CT molecular complexity index is 310. The zero-order valence-corrected chi connectivity index (χ0v) is 18.3. The Morgan fingerprint density at radius 3 is 1.22 bits per heavy atom. The first kappa shape index (κ1) is 28.5. The molecule has 0 aromatic rings. The van der Waals surface area contributed by atoms with Crippen LogP contribution >= 0.6 is 24.4 Å². The predicted molar refractivity (Wildman–Crippen MR) is 129 cm³/mol. The van der Waals surface area contributed by atoms with Gasteiger partial charge in [0.1, 0.15) is 0 Å². The van der Waals surface area contributed by atoms with Crippen LogP contribution in [0.3, 0.4) is 0 Å². The first-order chi connectivity index (χ1) is 12.7. The summed E-state index contributed by atoms with van der Waals surface area (Å²) in [5, 5.41) is 21.3. The molecule has 0 saturated carbocycles. The quantitative estimate of drug-likeness (QED) is 0.158. The number of thiocarbonyl (C=S) groups is 2. The van der Waals surface area contributed by atoms with Gasteiger partial charge in [-0.05, 0) is 89.1 Å². The Morgan fingerprint density at radius 2 is 0.852 bits per heavy atom. The molecule has 27 heavy (non-hydrogen) atoms. The minimum Gasteiger partial charge on any atom is -0.363 e. The van der Waals surface area contributed by atoms with Gasteiger partial charge >= 0.3 is 0 Å². The Hall–Kier alpha value is -0.700. The van der Waals surface area contributed by atoms with E-state index in [0.717, 1.165) is 88.3 Å². The number of hydrogen-bond donors (Lipinski definition) is 6. The van der Waals surface area contributed by atoms with E-state index in [1.165, 1.54) is 12.8 Å². The normalized spacial score (nSPS) is 10.0. The summed E-state index contributed by atoms with van der Waals surface area (Å²) in [6.07, 6.45) is 6.79. The summed E-state index contributed by atoms with van der Waals surface area (Å²) in [6, 6.07) is 0. The van der Waals surface area contributed by atoms with Gasteiger partial charge in [0.05, 0.1) is 0 Å². The Labute approximate surface area is 178 Å². The van der Waals surface area contributed by atoms with Crippen molar-refractivity contribution in [3.63, 3.8) is 0 Å². The average molecular weight is 421 g/mol. The molecule has 0 radical (unpaired) electrons. The molecule has 162 valence electrons. The van der Waals surface area contributed by atoms with Crippen molar-refractivity contribution in [3.05, 3.63) is 0 Å². The average Bonchev–Trinajstić information content (AvgIpc) is 2.64. The van der Waals surface area contributed by atoms with Crippen molar-refractivity contribution in [2.24, 2.45) is 0 Å². The first-order valence-corrected chi connectivity index (χ1v) is 11.0. The number of hydrogen-bond acceptors (Lipinski definition) is 4. The van der Waals surface area contributed by atoms with Gasteiger partial charge in [0, 0.05) is 26.2 Å². The molecule has 6 N–H and O–H groups in total. The maximum absolute atomic E-state index is 5.17. The molecule has 8 heteroatoms. The Kier molecular flexibility index (Phi) is 24.6. The Morgan fingerprint density at radius 1 is 0.519 bits per heavy atom. The van der Waals surface area contributed by atoms with E-state index in [2.05, 4.69) is 45.7 Å². The van der Waals surface area contributed by atoms with Crippen molar-refractivity contribution in [2.75, 3.05) is 52.4 Å². The summed E-state index contributed by atoms with van der Waals surface area (Å²) in [4.78, 5) is 0. The number of unbranched alkanes of at least 4 members (excludes halogenated alkanes) is 1. The van der Waals surface area contributed by atoms with Crippen LogP contribution in [0.25, 0.3) is 0 Å². The van der Waals surface area contributed by atoms with E-state index in [4.69, 9.17) is 24.4 Å². The zero-order valence-electron chi connectivity index (χ0n) is 16.7. The first-order valence-electron chi connectivity index (χ1n) is 10.2. The number of rotatable bonds is 17. The van der Waals surface area contributed by atoms with Gasteiger partial charge in [0.15, 0.2) is 10.2 Å². The molecule has 0 aliphatic heterocycles. The van der Waals surface area contributed by atoms with E-state index in [1.807, 2.05) is 0 Å². The molecule has 6 nitrogen and oxygen atoms in total. The lowest BCUT2D eigenvalue weighted by Crippen LogP contribution is -2.37. The van der Waals surface area contributed by atoms with Crippen LogP contribution in [0.4, 0.5) is 0 Å². The SMILES string of the molecule is C.CCCNC(=S)NCCCNCCCCNCCCNC(=S)NCCC. The third kappa shape index (κ3) is 23.3. The fraction of sp³-hybridized carbons (Fsp3) is 0.895. The molecule has 0 aromatic carbocycles. The van der Waals surface area contributed by atoms with Crippen molar-refractivity contribution >= 4 is 34.7 Å². The van der Waals surface area contributed by atoms with Crippen LogP contribution in [-0.4, -0.2) is 62.6 Å². The lowest BCUT2D eigenvalue weighted by Gasteiger charge is -2.10. The maximum Gasteiger partial charge on any atom is 0.166 e. The largest absolute Gasteiger partial charge is 0.363 e. The van der Waals surface area contributed by atoms with E-state index < -0.39 is 0 Å². The van der Waals surface area contributed by atoms with E-state index in [9.17, 15) is 0 Å². The molecule has 0 spiro atoms. The topological polar surface area (TPSA) is 72.2 Å². The molecule has 0 fully saturated rings. The predicted octanol–water partition coefficient (Wildman–Crippen LogP) is 2.11. The molecular formula is C19H44N6S2. The van der Waals surface area contributed by atoms with Gasteiger partial charge in [-0.1, -0.05) is 21.3 Å². The second kappa shape index (κ2) is 23.3. The van der Waals surface area contributed by atoms with Crippen LogP contribution in [0.2, 0.25) is 0 Å². The highest BCUT2D eigenvalue weighted by atomic mass is 32.1. The van der Waals surface area contributed by atoms with E-state index in [1.54, 1.807) is 0 Å². The van der Waals surface area contributed by atoms with Crippen molar-refractivity contribution in [1.82, 2.24) is 31.9 Å². The molecule has 0 amide bonds. The van der Waals surface area contributed by atoms with Crippen LogP contribution < -0.4 is 31.9 Å². The molecule has 0 bridgehead atoms. The van der Waals surface area contributed by atoms with Gasteiger partial charge in [-0.15, -0.1) is 0 Å². The molecule has 0 aliphatic rings. The van der Waals surface area contributed by atoms with Gasteiger partial charge in [-0.3, -0.25) is 0 Å².